The number of ketones is 1. The van der Waals surface area contributed by atoms with E-state index in [1.54, 1.807) is 6.20 Å². The van der Waals surface area contributed by atoms with Gasteiger partial charge in [0.25, 0.3) is 0 Å². The van der Waals surface area contributed by atoms with Crippen molar-refractivity contribution in [1.29, 1.82) is 0 Å². The number of para-hydroxylation sites is 1. The van der Waals surface area contributed by atoms with Gasteiger partial charge in [0.2, 0.25) is 0 Å². The maximum atomic E-state index is 11.8. The first-order valence-electron chi connectivity index (χ1n) is 4.85. The van der Waals surface area contributed by atoms with Gasteiger partial charge in [-0.2, -0.15) is 0 Å². The largest absolute Gasteiger partial charge is 0.360 e. The number of rotatable bonds is 4. The lowest BCUT2D eigenvalue weighted by Gasteiger charge is -1.98. The van der Waals surface area contributed by atoms with Crippen LogP contribution in [-0.2, 0) is 0 Å². The van der Waals surface area contributed by atoms with Crippen molar-refractivity contribution >= 4 is 16.7 Å². The van der Waals surface area contributed by atoms with Gasteiger partial charge in [-0.05, 0) is 6.07 Å². The molecular weight excluding hydrogens is 190 g/mol. The average Bonchev–Trinajstić information content (AvgIpc) is 2.69. The topological polar surface area (TPSA) is 70.9 Å². The monoisotopic (exact) mass is 203 g/mol. The second kappa shape index (κ2) is 4.25. The van der Waals surface area contributed by atoms with E-state index in [-0.39, 0.29) is 5.78 Å². The standard InChI is InChI=1S/C11H13N3O/c12-14-6-5-11(15)9-7-13-10-4-2-1-3-8(9)10/h1-4,7,13-14H,5-6,12H2. The fourth-order valence-electron chi connectivity index (χ4n) is 1.62. The van der Waals surface area contributed by atoms with Gasteiger partial charge >= 0.3 is 0 Å². The van der Waals surface area contributed by atoms with Gasteiger partial charge in [-0.25, -0.2) is 0 Å². The quantitative estimate of drug-likeness (QED) is 0.397. The first kappa shape index (κ1) is 9.89. The number of carbonyl (C=O) groups excluding carboxylic acids is 1. The van der Waals surface area contributed by atoms with Gasteiger partial charge in [0.15, 0.2) is 5.78 Å². The van der Waals surface area contributed by atoms with Crippen LogP contribution in [0.25, 0.3) is 10.9 Å². The lowest BCUT2D eigenvalue weighted by Crippen LogP contribution is -2.24. The fraction of sp³-hybridized carbons (Fsp3) is 0.182. The molecule has 0 bridgehead atoms. The van der Waals surface area contributed by atoms with E-state index in [2.05, 4.69) is 10.4 Å². The molecule has 0 saturated carbocycles. The van der Waals surface area contributed by atoms with Gasteiger partial charge in [0, 0.05) is 35.6 Å². The molecule has 1 aromatic heterocycles. The summed E-state index contributed by atoms with van der Waals surface area (Å²) in [5.41, 5.74) is 4.20. The van der Waals surface area contributed by atoms with Crippen molar-refractivity contribution in [3.8, 4) is 0 Å². The molecule has 2 aromatic rings. The summed E-state index contributed by atoms with van der Waals surface area (Å²) in [5.74, 6) is 5.24. The Balaban J connectivity index is 2.31. The van der Waals surface area contributed by atoms with E-state index in [0.717, 1.165) is 16.5 Å². The van der Waals surface area contributed by atoms with Crippen LogP contribution in [0.2, 0.25) is 0 Å². The summed E-state index contributed by atoms with van der Waals surface area (Å²) in [5, 5.41) is 0.972. The van der Waals surface area contributed by atoms with Crippen molar-refractivity contribution < 1.29 is 4.79 Å². The predicted molar refractivity (Wildman–Crippen MR) is 59.4 cm³/mol. The minimum absolute atomic E-state index is 0.102. The van der Waals surface area contributed by atoms with Crippen LogP contribution in [0.5, 0.6) is 0 Å². The van der Waals surface area contributed by atoms with Gasteiger partial charge in [0.05, 0.1) is 0 Å². The Morgan fingerprint density at radius 2 is 2.20 bits per heavy atom. The van der Waals surface area contributed by atoms with Crippen LogP contribution in [0, 0.1) is 0 Å². The molecule has 4 nitrogen and oxygen atoms in total. The smallest absolute Gasteiger partial charge is 0.166 e. The first-order chi connectivity index (χ1) is 7.33. The molecule has 0 radical (unpaired) electrons. The molecule has 4 heteroatoms. The number of benzene rings is 1. The third kappa shape index (κ3) is 1.91. The maximum absolute atomic E-state index is 11.8. The van der Waals surface area contributed by atoms with Crippen LogP contribution in [0.15, 0.2) is 30.5 Å². The van der Waals surface area contributed by atoms with E-state index in [4.69, 9.17) is 5.84 Å². The summed E-state index contributed by atoms with van der Waals surface area (Å²) in [4.78, 5) is 14.8. The van der Waals surface area contributed by atoms with Crippen LogP contribution in [0.1, 0.15) is 16.8 Å². The van der Waals surface area contributed by atoms with Crippen LogP contribution in [0.3, 0.4) is 0 Å². The van der Waals surface area contributed by atoms with Crippen LogP contribution < -0.4 is 11.3 Å². The molecule has 0 aliphatic rings. The van der Waals surface area contributed by atoms with Gasteiger partial charge in [-0.1, -0.05) is 18.2 Å². The zero-order chi connectivity index (χ0) is 10.7. The average molecular weight is 203 g/mol. The molecule has 0 aliphatic carbocycles. The molecular formula is C11H13N3O. The number of nitrogens with two attached hydrogens (primary N) is 1. The Hall–Kier alpha value is -1.65. The molecule has 15 heavy (non-hydrogen) atoms. The Kier molecular flexibility index (Phi) is 2.80. The predicted octanol–water partition coefficient (Wildman–Crippen LogP) is 1.20. The van der Waals surface area contributed by atoms with Crippen LogP contribution in [-0.4, -0.2) is 17.3 Å². The number of hydrazine groups is 1. The number of Topliss-reactive ketones (excluding diaryl/α,β-unsaturated/α-hetero) is 1. The number of H-pyrrole nitrogens is 1. The van der Waals surface area contributed by atoms with E-state index in [0.29, 0.717) is 13.0 Å². The maximum Gasteiger partial charge on any atom is 0.166 e. The number of aromatic amines is 1. The van der Waals surface area contributed by atoms with E-state index >= 15 is 0 Å². The van der Waals surface area contributed by atoms with E-state index in [9.17, 15) is 4.79 Å². The summed E-state index contributed by atoms with van der Waals surface area (Å²) < 4.78 is 0. The van der Waals surface area contributed by atoms with Gasteiger partial charge in [-0.3, -0.25) is 16.1 Å². The highest BCUT2D eigenvalue weighted by atomic mass is 16.1. The molecule has 0 atom stereocenters. The minimum atomic E-state index is 0.102. The molecule has 0 amide bonds. The van der Waals surface area contributed by atoms with E-state index in [1.807, 2.05) is 24.3 Å². The van der Waals surface area contributed by atoms with Crippen molar-refractivity contribution in [2.75, 3.05) is 6.54 Å². The zero-order valence-electron chi connectivity index (χ0n) is 8.29. The molecule has 0 unspecified atom stereocenters. The number of hydrogen-bond donors (Lipinski definition) is 3. The van der Waals surface area contributed by atoms with E-state index in [1.165, 1.54) is 0 Å². The van der Waals surface area contributed by atoms with Gasteiger partial charge in [0.1, 0.15) is 0 Å². The fourth-order valence-corrected chi connectivity index (χ4v) is 1.62. The normalized spacial score (nSPS) is 10.7. The molecule has 78 valence electrons. The lowest BCUT2D eigenvalue weighted by atomic mass is 10.1. The summed E-state index contributed by atoms with van der Waals surface area (Å²) in [6, 6.07) is 7.75. The molecule has 0 saturated heterocycles. The second-order valence-corrected chi connectivity index (χ2v) is 3.38. The number of fused-ring (bicyclic) bond motifs is 1. The summed E-state index contributed by atoms with van der Waals surface area (Å²) in [7, 11) is 0. The first-order valence-corrected chi connectivity index (χ1v) is 4.85. The lowest BCUT2D eigenvalue weighted by molar-refractivity contribution is 0.0984. The highest BCUT2D eigenvalue weighted by Crippen LogP contribution is 2.18. The number of nitrogens with one attached hydrogen (secondary N) is 2. The number of carbonyl (C=O) groups is 1. The molecule has 0 aliphatic heterocycles. The molecule has 1 heterocycles. The highest BCUT2D eigenvalue weighted by Gasteiger charge is 2.10. The zero-order valence-corrected chi connectivity index (χ0v) is 8.29. The van der Waals surface area contributed by atoms with Crippen LogP contribution in [0.4, 0.5) is 0 Å². The highest BCUT2D eigenvalue weighted by molar-refractivity contribution is 6.07. The van der Waals surface area contributed by atoms with Crippen molar-refractivity contribution in [2.45, 2.75) is 6.42 Å². The number of hydrogen-bond acceptors (Lipinski definition) is 3. The SMILES string of the molecule is NNCCC(=O)c1c[nH]c2ccccc12. The molecule has 0 spiro atoms. The van der Waals surface area contributed by atoms with Gasteiger partial charge < -0.3 is 4.98 Å². The Bertz CT molecular complexity index is 475. The van der Waals surface area contributed by atoms with Crippen LogP contribution >= 0.6 is 0 Å². The van der Waals surface area contributed by atoms with Gasteiger partial charge in [-0.15, -0.1) is 0 Å². The number of aromatic nitrogens is 1. The Labute approximate surface area is 87.4 Å². The van der Waals surface area contributed by atoms with Crippen molar-refractivity contribution in [2.24, 2.45) is 5.84 Å². The molecule has 0 fully saturated rings. The molecule has 1 aromatic carbocycles. The summed E-state index contributed by atoms with van der Waals surface area (Å²) in [6.45, 7) is 0.498. The summed E-state index contributed by atoms with van der Waals surface area (Å²) >= 11 is 0. The van der Waals surface area contributed by atoms with E-state index < -0.39 is 0 Å². The second-order valence-electron chi connectivity index (χ2n) is 3.38. The van der Waals surface area contributed by atoms with Crippen molar-refractivity contribution in [1.82, 2.24) is 10.4 Å². The third-order valence-electron chi connectivity index (χ3n) is 2.39. The van der Waals surface area contributed by atoms with Crippen molar-refractivity contribution in [3.63, 3.8) is 0 Å². The third-order valence-corrected chi connectivity index (χ3v) is 2.39. The Morgan fingerprint density at radius 3 is 3.00 bits per heavy atom. The summed E-state index contributed by atoms with van der Waals surface area (Å²) in [6.07, 6.45) is 2.17. The molecule has 2 rings (SSSR count). The minimum Gasteiger partial charge on any atom is -0.360 e. The Morgan fingerprint density at radius 1 is 1.40 bits per heavy atom. The van der Waals surface area contributed by atoms with Crippen molar-refractivity contribution in [3.05, 3.63) is 36.0 Å². The molecule has 4 N–H and O–H groups in total.